The summed E-state index contributed by atoms with van der Waals surface area (Å²) in [5.74, 6) is 0. The topological polar surface area (TPSA) is 47.4 Å². The van der Waals surface area contributed by atoms with E-state index < -0.39 is 0 Å². The molecule has 27 heavy (non-hydrogen) atoms. The summed E-state index contributed by atoms with van der Waals surface area (Å²) in [6, 6.07) is 33.4. The molecule has 0 radical (unpaired) electrons. The zero-order valence-electron chi connectivity index (χ0n) is 14.7. The van der Waals surface area contributed by atoms with Crippen LogP contribution in [0.15, 0.2) is 97.1 Å². The van der Waals surface area contributed by atoms with Crippen LogP contribution in [0.4, 0.5) is 0 Å². The van der Waals surface area contributed by atoms with Crippen LogP contribution in [0, 0.1) is 0 Å². The van der Waals surface area contributed by atoms with Crippen LogP contribution in [-0.2, 0) is 0 Å². The zero-order chi connectivity index (χ0) is 18.1. The number of aromatic nitrogens is 3. The predicted molar refractivity (Wildman–Crippen MR) is 111 cm³/mol. The van der Waals surface area contributed by atoms with Crippen molar-refractivity contribution in [2.75, 3.05) is 0 Å². The van der Waals surface area contributed by atoms with Gasteiger partial charge in [0.2, 0.25) is 0 Å². The monoisotopic (exact) mass is 349 g/mol. The van der Waals surface area contributed by atoms with Crippen molar-refractivity contribution in [2.45, 2.75) is 0 Å². The van der Waals surface area contributed by atoms with E-state index in [-0.39, 0.29) is 0 Å². The van der Waals surface area contributed by atoms with Crippen LogP contribution in [0.1, 0.15) is 0 Å². The lowest BCUT2D eigenvalue weighted by molar-refractivity contribution is 1.30. The summed E-state index contributed by atoms with van der Waals surface area (Å²) < 4.78 is 0. The summed E-state index contributed by atoms with van der Waals surface area (Å²) in [4.78, 5) is 10.5. The lowest BCUT2D eigenvalue weighted by Crippen LogP contribution is -1.82. The van der Waals surface area contributed by atoms with E-state index in [1.807, 2.05) is 12.1 Å². The molecule has 0 saturated heterocycles. The van der Waals surface area contributed by atoms with Gasteiger partial charge in [-0.1, -0.05) is 60.7 Å². The molecule has 3 N–H and O–H groups in total. The first kappa shape index (κ1) is 15.5. The molecule has 0 spiro atoms. The van der Waals surface area contributed by atoms with Gasteiger partial charge < -0.3 is 15.0 Å². The van der Waals surface area contributed by atoms with Gasteiger partial charge in [-0.2, -0.15) is 0 Å². The smallest absolute Gasteiger partial charge is 0.0624 e. The fraction of sp³-hybridized carbons (Fsp3) is 0. The third-order valence-corrected chi connectivity index (χ3v) is 4.81. The van der Waals surface area contributed by atoms with E-state index in [0.29, 0.717) is 0 Å². The molecule has 0 saturated carbocycles. The lowest BCUT2D eigenvalue weighted by atomic mass is 10.2. The van der Waals surface area contributed by atoms with E-state index in [9.17, 15) is 0 Å². The molecule has 0 aliphatic rings. The van der Waals surface area contributed by atoms with Crippen molar-refractivity contribution in [3.05, 3.63) is 97.1 Å². The summed E-state index contributed by atoms with van der Waals surface area (Å²) in [7, 11) is 0. The van der Waals surface area contributed by atoms with Gasteiger partial charge in [0.25, 0.3) is 0 Å². The Labute approximate surface area is 157 Å². The molecule has 0 bridgehead atoms. The highest BCUT2D eigenvalue weighted by Crippen LogP contribution is 2.28. The molecule has 0 fully saturated rings. The van der Waals surface area contributed by atoms with Crippen LogP contribution < -0.4 is 0 Å². The fourth-order valence-electron chi connectivity index (χ4n) is 3.39. The van der Waals surface area contributed by atoms with E-state index in [1.165, 1.54) is 11.1 Å². The van der Waals surface area contributed by atoms with E-state index in [4.69, 9.17) is 0 Å². The maximum absolute atomic E-state index is 3.51. The molecule has 5 aromatic rings. The number of aromatic amines is 3. The molecule has 0 aliphatic heterocycles. The Hall–Kier alpha value is -3.72. The quantitative estimate of drug-likeness (QED) is 0.339. The number of nitrogens with one attached hydrogen (secondary N) is 3. The maximum Gasteiger partial charge on any atom is 0.0624 e. The second kappa shape index (κ2) is 6.54. The summed E-state index contributed by atoms with van der Waals surface area (Å²) in [5.41, 5.74) is 8.91. The molecule has 3 heteroatoms. The van der Waals surface area contributed by atoms with E-state index in [1.54, 1.807) is 0 Å². The van der Waals surface area contributed by atoms with Gasteiger partial charge in [0.05, 0.1) is 22.8 Å². The highest BCUT2D eigenvalue weighted by Gasteiger charge is 2.09. The minimum atomic E-state index is 1.07. The van der Waals surface area contributed by atoms with Crippen LogP contribution in [0.25, 0.3) is 45.3 Å². The van der Waals surface area contributed by atoms with Crippen molar-refractivity contribution in [3.8, 4) is 45.3 Å². The molecular weight excluding hydrogens is 330 g/mol. The van der Waals surface area contributed by atoms with Gasteiger partial charge in [-0.05, 0) is 47.5 Å². The standard InChI is InChI=1S/C24H19N3/c1-3-7-17(8-4-1)19-11-13-21(25-19)23-15-16-24(27-23)22-14-12-20(26-22)18-9-5-2-6-10-18/h1-16,25-27H. The molecule has 3 aromatic heterocycles. The molecule has 5 rings (SSSR count). The lowest BCUT2D eigenvalue weighted by Gasteiger charge is -1.99. The van der Waals surface area contributed by atoms with Crippen molar-refractivity contribution in [1.29, 1.82) is 0 Å². The Kier molecular flexibility index (Phi) is 3.76. The van der Waals surface area contributed by atoms with Gasteiger partial charge in [0.1, 0.15) is 0 Å². The molecule has 0 atom stereocenters. The minimum Gasteiger partial charge on any atom is -0.353 e. The molecule has 3 heterocycles. The summed E-state index contributed by atoms with van der Waals surface area (Å²) in [6.45, 7) is 0. The molecule has 0 unspecified atom stereocenters. The average Bonchev–Trinajstić information content (AvgIpc) is 3.49. The van der Waals surface area contributed by atoms with Gasteiger partial charge in [-0.15, -0.1) is 0 Å². The molecule has 2 aromatic carbocycles. The summed E-state index contributed by atoms with van der Waals surface area (Å²) >= 11 is 0. The Balaban J connectivity index is 1.42. The van der Waals surface area contributed by atoms with Crippen LogP contribution in [0.5, 0.6) is 0 Å². The van der Waals surface area contributed by atoms with Crippen molar-refractivity contribution in [3.63, 3.8) is 0 Å². The number of hydrogen-bond acceptors (Lipinski definition) is 0. The average molecular weight is 349 g/mol. The summed E-state index contributed by atoms with van der Waals surface area (Å²) in [5, 5.41) is 0. The van der Waals surface area contributed by atoms with E-state index in [2.05, 4.69) is 99.9 Å². The second-order valence-electron chi connectivity index (χ2n) is 6.59. The number of benzene rings is 2. The second-order valence-corrected chi connectivity index (χ2v) is 6.59. The van der Waals surface area contributed by atoms with E-state index in [0.717, 1.165) is 34.2 Å². The van der Waals surface area contributed by atoms with Crippen LogP contribution in [-0.4, -0.2) is 15.0 Å². The Bertz CT molecular complexity index is 1070. The largest absolute Gasteiger partial charge is 0.353 e. The Morgan fingerprint density at radius 1 is 0.296 bits per heavy atom. The minimum absolute atomic E-state index is 1.07. The Morgan fingerprint density at radius 2 is 0.593 bits per heavy atom. The first-order chi connectivity index (χ1) is 13.4. The van der Waals surface area contributed by atoms with Crippen molar-refractivity contribution in [1.82, 2.24) is 15.0 Å². The highest BCUT2D eigenvalue weighted by molar-refractivity contribution is 5.71. The van der Waals surface area contributed by atoms with Gasteiger partial charge in [-0.3, -0.25) is 0 Å². The normalized spacial score (nSPS) is 11.0. The van der Waals surface area contributed by atoms with Crippen LogP contribution >= 0.6 is 0 Å². The maximum atomic E-state index is 3.51. The van der Waals surface area contributed by atoms with Crippen molar-refractivity contribution < 1.29 is 0 Å². The SMILES string of the molecule is c1ccc(-c2ccc(-c3ccc(-c4ccc(-c5ccccc5)[nH]4)[nH]3)[nH]2)cc1. The third-order valence-electron chi connectivity index (χ3n) is 4.81. The fourth-order valence-corrected chi connectivity index (χ4v) is 3.39. The van der Waals surface area contributed by atoms with Gasteiger partial charge in [-0.25, -0.2) is 0 Å². The number of hydrogen-bond donors (Lipinski definition) is 3. The zero-order valence-corrected chi connectivity index (χ0v) is 14.7. The van der Waals surface area contributed by atoms with Gasteiger partial charge >= 0.3 is 0 Å². The Morgan fingerprint density at radius 3 is 0.963 bits per heavy atom. The predicted octanol–water partition coefficient (Wildman–Crippen LogP) is 6.34. The van der Waals surface area contributed by atoms with Gasteiger partial charge in [0, 0.05) is 11.4 Å². The van der Waals surface area contributed by atoms with Crippen molar-refractivity contribution in [2.24, 2.45) is 0 Å². The first-order valence-electron chi connectivity index (χ1n) is 9.05. The van der Waals surface area contributed by atoms with Crippen LogP contribution in [0.3, 0.4) is 0 Å². The molecule has 3 nitrogen and oxygen atoms in total. The number of H-pyrrole nitrogens is 3. The molecule has 0 amide bonds. The summed E-state index contributed by atoms with van der Waals surface area (Å²) in [6.07, 6.45) is 0. The molecular formula is C24H19N3. The van der Waals surface area contributed by atoms with E-state index >= 15 is 0 Å². The molecule has 0 aliphatic carbocycles. The first-order valence-corrected chi connectivity index (χ1v) is 9.05. The highest BCUT2D eigenvalue weighted by atomic mass is 14.8. The molecule has 130 valence electrons. The van der Waals surface area contributed by atoms with Crippen LogP contribution in [0.2, 0.25) is 0 Å². The number of rotatable bonds is 4. The third kappa shape index (κ3) is 3.00. The van der Waals surface area contributed by atoms with Gasteiger partial charge in [0.15, 0.2) is 0 Å². The van der Waals surface area contributed by atoms with Crippen molar-refractivity contribution >= 4 is 0 Å².